The number of amides is 1. The Morgan fingerprint density at radius 2 is 1.75 bits per heavy atom. The molecule has 2 rings (SSSR count). The van der Waals surface area contributed by atoms with E-state index in [-0.39, 0.29) is 0 Å². The first-order valence-corrected chi connectivity index (χ1v) is 6.35. The largest absolute Gasteiger partial charge is 0.497 e. The van der Waals surface area contributed by atoms with Crippen molar-refractivity contribution in [2.24, 2.45) is 0 Å². The van der Waals surface area contributed by atoms with Crippen LogP contribution in [0, 0.1) is 6.92 Å². The van der Waals surface area contributed by atoms with Gasteiger partial charge in [-0.3, -0.25) is 5.32 Å². The highest BCUT2D eigenvalue weighted by Crippen LogP contribution is 2.21. The molecule has 0 aromatic heterocycles. The Bertz CT molecular complexity index is 611. The van der Waals surface area contributed by atoms with Gasteiger partial charge in [-0.2, -0.15) is 0 Å². The lowest BCUT2D eigenvalue weighted by atomic mass is 10.2. The Hall–Kier alpha value is -2.20. The molecule has 0 fully saturated rings. The van der Waals surface area contributed by atoms with Crippen LogP contribution in [-0.2, 0) is 0 Å². The standard InChI is InChI=1S/C15H14ClNO3/c1-10-3-4-11(9-14(10)16)17-15(18)20-13-7-5-12(19-2)6-8-13/h3-9H,1-2H3,(H,17,18). The van der Waals surface area contributed by atoms with Gasteiger partial charge < -0.3 is 9.47 Å². The summed E-state index contributed by atoms with van der Waals surface area (Å²) in [6.45, 7) is 1.89. The summed E-state index contributed by atoms with van der Waals surface area (Å²) in [4.78, 5) is 11.7. The molecule has 104 valence electrons. The maximum atomic E-state index is 11.7. The number of nitrogens with one attached hydrogen (secondary N) is 1. The quantitative estimate of drug-likeness (QED) is 0.919. The van der Waals surface area contributed by atoms with Crippen molar-refractivity contribution in [1.29, 1.82) is 0 Å². The molecule has 1 amide bonds. The number of ether oxygens (including phenoxy) is 2. The average molecular weight is 292 g/mol. The van der Waals surface area contributed by atoms with E-state index in [0.29, 0.717) is 22.2 Å². The lowest BCUT2D eigenvalue weighted by molar-refractivity contribution is 0.215. The van der Waals surface area contributed by atoms with Gasteiger partial charge in [0.05, 0.1) is 7.11 Å². The smallest absolute Gasteiger partial charge is 0.417 e. The normalized spacial score (nSPS) is 9.95. The zero-order valence-electron chi connectivity index (χ0n) is 11.1. The molecule has 0 aliphatic heterocycles. The maximum Gasteiger partial charge on any atom is 0.417 e. The summed E-state index contributed by atoms with van der Waals surface area (Å²) in [7, 11) is 1.57. The number of carbonyl (C=O) groups is 1. The van der Waals surface area contributed by atoms with Crippen molar-refractivity contribution in [2.75, 3.05) is 12.4 Å². The molecule has 0 saturated carbocycles. The van der Waals surface area contributed by atoms with E-state index in [2.05, 4.69) is 5.32 Å². The Kier molecular flexibility index (Phi) is 4.48. The van der Waals surface area contributed by atoms with Crippen LogP contribution in [0.15, 0.2) is 42.5 Å². The van der Waals surface area contributed by atoms with Gasteiger partial charge >= 0.3 is 6.09 Å². The second-order valence-corrected chi connectivity index (χ2v) is 4.56. The lowest BCUT2D eigenvalue weighted by Gasteiger charge is -2.08. The Morgan fingerprint density at radius 1 is 1.10 bits per heavy atom. The molecular formula is C15H14ClNO3. The molecule has 2 aromatic rings. The van der Waals surface area contributed by atoms with E-state index in [9.17, 15) is 4.79 Å². The highest BCUT2D eigenvalue weighted by Gasteiger charge is 2.06. The minimum atomic E-state index is -0.574. The molecular weight excluding hydrogens is 278 g/mol. The average Bonchev–Trinajstić information content (AvgIpc) is 2.44. The summed E-state index contributed by atoms with van der Waals surface area (Å²) in [5.74, 6) is 1.13. The van der Waals surface area contributed by atoms with Crippen LogP contribution in [-0.4, -0.2) is 13.2 Å². The fraction of sp³-hybridized carbons (Fsp3) is 0.133. The second-order valence-electron chi connectivity index (χ2n) is 4.15. The van der Waals surface area contributed by atoms with Crippen molar-refractivity contribution in [3.63, 3.8) is 0 Å². The number of halogens is 1. The first kappa shape index (κ1) is 14.2. The predicted molar refractivity (Wildman–Crippen MR) is 78.8 cm³/mol. The highest BCUT2D eigenvalue weighted by molar-refractivity contribution is 6.31. The summed E-state index contributed by atoms with van der Waals surface area (Å²) in [6.07, 6.45) is -0.574. The van der Waals surface area contributed by atoms with Crippen LogP contribution in [0.2, 0.25) is 5.02 Å². The molecule has 0 bridgehead atoms. The third kappa shape index (κ3) is 3.65. The fourth-order valence-corrected chi connectivity index (χ4v) is 1.75. The van der Waals surface area contributed by atoms with Crippen molar-refractivity contribution in [3.8, 4) is 11.5 Å². The van der Waals surface area contributed by atoms with Crippen LogP contribution in [0.1, 0.15) is 5.56 Å². The number of anilines is 1. The number of hydrogen-bond acceptors (Lipinski definition) is 3. The van der Waals surface area contributed by atoms with E-state index in [1.165, 1.54) is 0 Å². The minimum Gasteiger partial charge on any atom is -0.497 e. The van der Waals surface area contributed by atoms with Crippen LogP contribution in [0.5, 0.6) is 11.5 Å². The number of rotatable bonds is 3. The van der Waals surface area contributed by atoms with Crippen LogP contribution < -0.4 is 14.8 Å². The first-order chi connectivity index (χ1) is 9.58. The fourth-order valence-electron chi connectivity index (χ4n) is 1.56. The summed E-state index contributed by atoms with van der Waals surface area (Å²) in [6, 6.07) is 12.0. The van der Waals surface area contributed by atoms with Gasteiger partial charge in [-0.25, -0.2) is 4.79 Å². The summed E-state index contributed by atoms with van der Waals surface area (Å²) in [5, 5.41) is 3.20. The molecule has 0 radical (unpaired) electrons. The monoisotopic (exact) mass is 291 g/mol. The van der Waals surface area contributed by atoms with Gasteiger partial charge in [0.15, 0.2) is 0 Å². The molecule has 2 aromatic carbocycles. The number of methoxy groups -OCH3 is 1. The molecule has 20 heavy (non-hydrogen) atoms. The van der Waals surface area contributed by atoms with Crippen LogP contribution in [0.25, 0.3) is 0 Å². The third-order valence-corrected chi connectivity index (χ3v) is 3.10. The Labute approximate surface area is 122 Å². The first-order valence-electron chi connectivity index (χ1n) is 5.97. The summed E-state index contributed by atoms with van der Waals surface area (Å²) < 4.78 is 10.2. The molecule has 0 unspecified atom stereocenters. The van der Waals surface area contributed by atoms with Gasteiger partial charge in [0.1, 0.15) is 11.5 Å². The van der Waals surface area contributed by atoms with Crippen molar-refractivity contribution in [2.45, 2.75) is 6.92 Å². The van der Waals surface area contributed by atoms with Crippen LogP contribution in [0.3, 0.4) is 0 Å². The number of aryl methyl sites for hydroxylation is 1. The molecule has 0 aliphatic rings. The van der Waals surface area contributed by atoms with Crippen molar-refractivity contribution in [3.05, 3.63) is 53.1 Å². The van der Waals surface area contributed by atoms with Gasteiger partial charge in [0, 0.05) is 10.7 Å². The van der Waals surface area contributed by atoms with Gasteiger partial charge in [0.2, 0.25) is 0 Å². The molecule has 1 N–H and O–H groups in total. The van der Waals surface area contributed by atoms with E-state index < -0.39 is 6.09 Å². The van der Waals surface area contributed by atoms with E-state index in [1.807, 2.05) is 13.0 Å². The van der Waals surface area contributed by atoms with E-state index in [1.54, 1.807) is 43.5 Å². The number of carbonyl (C=O) groups excluding carboxylic acids is 1. The molecule has 4 nitrogen and oxygen atoms in total. The summed E-state index contributed by atoms with van der Waals surface area (Å²) in [5.41, 5.74) is 1.53. The van der Waals surface area contributed by atoms with E-state index in [4.69, 9.17) is 21.1 Å². The van der Waals surface area contributed by atoms with Crippen molar-refractivity contribution in [1.82, 2.24) is 0 Å². The van der Waals surface area contributed by atoms with Gasteiger partial charge in [0.25, 0.3) is 0 Å². The maximum absolute atomic E-state index is 11.7. The molecule has 0 heterocycles. The molecule has 0 saturated heterocycles. The molecule has 5 heteroatoms. The second kappa shape index (κ2) is 6.30. The van der Waals surface area contributed by atoms with E-state index in [0.717, 1.165) is 5.56 Å². The van der Waals surface area contributed by atoms with Crippen molar-refractivity contribution >= 4 is 23.4 Å². The summed E-state index contributed by atoms with van der Waals surface area (Å²) >= 11 is 5.98. The van der Waals surface area contributed by atoms with Gasteiger partial charge in [-0.15, -0.1) is 0 Å². The third-order valence-electron chi connectivity index (χ3n) is 2.69. The molecule has 0 spiro atoms. The van der Waals surface area contributed by atoms with E-state index >= 15 is 0 Å². The highest BCUT2D eigenvalue weighted by atomic mass is 35.5. The topological polar surface area (TPSA) is 47.6 Å². The Morgan fingerprint density at radius 3 is 2.35 bits per heavy atom. The van der Waals surface area contributed by atoms with Crippen LogP contribution in [0.4, 0.5) is 10.5 Å². The van der Waals surface area contributed by atoms with Gasteiger partial charge in [-0.1, -0.05) is 17.7 Å². The zero-order valence-corrected chi connectivity index (χ0v) is 11.9. The lowest BCUT2D eigenvalue weighted by Crippen LogP contribution is -2.16. The number of hydrogen-bond donors (Lipinski definition) is 1. The zero-order chi connectivity index (χ0) is 14.5. The molecule has 0 aliphatic carbocycles. The predicted octanol–water partition coefficient (Wildman–Crippen LogP) is 4.27. The number of benzene rings is 2. The van der Waals surface area contributed by atoms with Crippen LogP contribution >= 0.6 is 11.6 Å². The SMILES string of the molecule is COc1ccc(OC(=O)Nc2ccc(C)c(Cl)c2)cc1. The Balaban J connectivity index is 1.99. The van der Waals surface area contributed by atoms with Crippen molar-refractivity contribution < 1.29 is 14.3 Å². The van der Waals surface area contributed by atoms with Gasteiger partial charge in [-0.05, 0) is 48.9 Å². The molecule has 0 atom stereocenters. The minimum absolute atomic E-state index is 0.432.